The van der Waals surface area contributed by atoms with Crippen LogP contribution in [-0.2, 0) is 6.61 Å². The van der Waals surface area contributed by atoms with E-state index in [1.165, 1.54) is 11.3 Å². The molecule has 0 saturated carbocycles. The minimum absolute atomic E-state index is 0.0396. The first kappa shape index (κ1) is 9.28. The zero-order valence-electron chi connectivity index (χ0n) is 6.55. The molecule has 4 heteroatoms. The molecule has 0 radical (unpaired) electrons. The van der Waals surface area contributed by atoms with Crippen molar-refractivity contribution in [3.8, 4) is 0 Å². The van der Waals surface area contributed by atoms with Crippen LogP contribution in [0.4, 0.5) is 0 Å². The third-order valence-electron chi connectivity index (χ3n) is 1.89. The van der Waals surface area contributed by atoms with Gasteiger partial charge in [0.05, 0.1) is 21.4 Å². The molecule has 0 atom stereocenters. The van der Waals surface area contributed by atoms with Crippen LogP contribution in [-0.4, -0.2) is 5.11 Å². The SMILES string of the molecule is OCc1csc2c(Cl)c(Cl)ccc12. The lowest BCUT2D eigenvalue weighted by Gasteiger charge is -1.97. The lowest BCUT2D eigenvalue weighted by atomic mass is 10.2. The summed E-state index contributed by atoms with van der Waals surface area (Å²) in [6.07, 6.45) is 0. The Hall–Kier alpha value is -0.280. The Balaban J connectivity index is 2.81. The Morgan fingerprint density at radius 1 is 1.31 bits per heavy atom. The molecule has 0 aliphatic carbocycles. The molecule has 13 heavy (non-hydrogen) atoms. The quantitative estimate of drug-likeness (QED) is 0.796. The van der Waals surface area contributed by atoms with Gasteiger partial charge in [-0.1, -0.05) is 29.3 Å². The average molecular weight is 233 g/mol. The summed E-state index contributed by atoms with van der Waals surface area (Å²) in [5.74, 6) is 0. The summed E-state index contributed by atoms with van der Waals surface area (Å²) in [6.45, 7) is 0.0396. The van der Waals surface area contributed by atoms with E-state index in [2.05, 4.69) is 0 Å². The van der Waals surface area contributed by atoms with Gasteiger partial charge in [0.25, 0.3) is 0 Å². The van der Waals surface area contributed by atoms with Crippen molar-refractivity contribution in [2.24, 2.45) is 0 Å². The summed E-state index contributed by atoms with van der Waals surface area (Å²) >= 11 is 13.3. The van der Waals surface area contributed by atoms with Crippen molar-refractivity contribution in [3.05, 3.63) is 33.1 Å². The number of aliphatic hydroxyl groups is 1. The summed E-state index contributed by atoms with van der Waals surface area (Å²) < 4.78 is 0.943. The largest absolute Gasteiger partial charge is 0.392 e. The van der Waals surface area contributed by atoms with Gasteiger partial charge in [-0.2, -0.15) is 0 Å². The number of benzene rings is 1. The van der Waals surface area contributed by atoms with E-state index in [1.807, 2.05) is 11.4 Å². The van der Waals surface area contributed by atoms with E-state index in [4.69, 9.17) is 28.3 Å². The molecule has 0 aliphatic rings. The maximum absolute atomic E-state index is 9.02. The number of thiophene rings is 1. The summed E-state index contributed by atoms with van der Waals surface area (Å²) in [7, 11) is 0. The van der Waals surface area contributed by atoms with Gasteiger partial charge in [0.15, 0.2) is 0 Å². The Morgan fingerprint density at radius 2 is 2.08 bits per heavy atom. The zero-order chi connectivity index (χ0) is 9.42. The fraction of sp³-hybridized carbons (Fsp3) is 0.111. The topological polar surface area (TPSA) is 20.2 Å². The summed E-state index contributed by atoms with van der Waals surface area (Å²) in [5.41, 5.74) is 0.901. The number of rotatable bonds is 1. The van der Waals surface area contributed by atoms with Crippen LogP contribution >= 0.6 is 34.5 Å². The smallest absolute Gasteiger partial charge is 0.0770 e. The highest BCUT2D eigenvalue weighted by Gasteiger charge is 2.08. The van der Waals surface area contributed by atoms with Crippen LogP contribution in [0.3, 0.4) is 0 Å². The lowest BCUT2D eigenvalue weighted by Crippen LogP contribution is -1.78. The minimum atomic E-state index is 0.0396. The van der Waals surface area contributed by atoms with Gasteiger partial charge in [0.1, 0.15) is 0 Å². The average Bonchev–Trinajstić information content (AvgIpc) is 2.55. The van der Waals surface area contributed by atoms with Gasteiger partial charge in [0, 0.05) is 0 Å². The molecule has 1 nitrogen and oxygen atoms in total. The van der Waals surface area contributed by atoms with Crippen molar-refractivity contribution in [3.63, 3.8) is 0 Å². The Kier molecular flexibility index (Phi) is 2.47. The molecule has 0 amide bonds. The number of hydrogen-bond acceptors (Lipinski definition) is 2. The van der Waals surface area contributed by atoms with Gasteiger partial charge in [-0.25, -0.2) is 0 Å². The minimum Gasteiger partial charge on any atom is -0.392 e. The predicted molar refractivity (Wildman–Crippen MR) is 57.8 cm³/mol. The van der Waals surface area contributed by atoms with E-state index in [-0.39, 0.29) is 6.61 Å². The molecule has 2 aromatic rings. The maximum Gasteiger partial charge on any atom is 0.0770 e. The van der Waals surface area contributed by atoms with Gasteiger partial charge < -0.3 is 5.11 Å². The van der Waals surface area contributed by atoms with Gasteiger partial charge in [-0.15, -0.1) is 11.3 Å². The molecule has 0 saturated heterocycles. The fourth-order valence-electron chi connectivity index (χ4n) is 1.22. The van der Waals surface area contributed by atoms with Crippen molar-refractivity contribution >= 4 is 44.6 Å². The molecule has 1 aromatic heterocycles. The second-order valence-electron chi connectivity index (χ2n) is 2.66. The van der Waals surface area contributed by atoms with Gasteiger partial charge >= 0.3 is 0 Å². The van der Waals surface area contributed by atoms with Gasteiger partial charge in [0.2, 0.25) is 0 Å². The molecule has 2 rings (SSSR count). The maximum atomic E-state index is 9.02. The van der Waals surface area contributed by atoms with Crippen LogP contribution < -0.4 is 0 Å². The second-order valence-corrected chi connectivity index (χ2v) is 4.32. The third-order valence-corrected chi connectivity index (χ3v) is 3.86. The Morgan fingerprint density at radius 3 is 2.77 bits per heavy atom. The van der Waals surface area contributed by atoms with Gasteiger partial charge in [-0.3, -0.25) is 0 Å². The molecule has 68 valence electrons. The molecular weight excluding hydrogens is 227 g/mol. The predicted octanol–water partition coefficient (Wildman–Crippen LogP) is 3.70. The van der Waals surface area contributed by atoms with Crippen molar-refractivity contribution in [2.45, 2.75) is 6.61 Å². The van der Waals surface area contributed by atoms with E-state index in [1.54, 1.807) is 6.07 Å². The number of hydrogen-bond donors (Lipinski definition) is 1. The number of halogens is 2. The third kappa shape index (κ3) is 1.44. The first-order chi connectivity index (χ1) is 6.24. The highest BCUT2D eigenvalue weighted by molar-refractivity contribution is 7.18. The number of aliphatic hydroxyl groups excluding tert-OH is 1. The normalized spacial score (nSPS) is 11.0. The molecule has 0 spiro atoms. The fourth-order valence-corrected chi connectivity index (χ4v) is 2.73. The van der Waals surface area contributed by atoms with E-state index >= 15 is 0 Å². The lowest BCUT2D eigenvalue weighted by molar-refractivity contribution is 0.284. The Labute approximate surface area is 89.5 Å². The van der Waals surface area contributed by atoms with Crippen LogP contribution in [0.5, 0.6) is 0 Å². The van der Waals surface area contributed by atoms with Crippen molar-refractivity contribution in [1.82, 2.24) is 0 Å². The van der Waals surface area contributed by atoms with E-state index in [0.29, 0.717) is 10.0 Å². The molecule has 0 unspecified atom stereocenters. The van der Waals surface area contributed by atoms with E-state index in [0.717, 1.165) is 15.6 Å². The first-order valence-electron chi connectivity index (χ1n) is 3.69. The molecule has 0 fully saturated rings. The van der Waals surface area contributed by atoms with E-state index < -0.39 is 0 Å². The van der Waals surface area contributed by atoms with Crippen molar-refractivity contribution < 1.29 is 5.11 Å². The van der Waals surface area contributed by atoms with Crippen molar-refractivity contribution in [2.75, 3.05) is 0 Å². The van der Waals surface area contributed by atoms with Gasteiger partial charge in [-0.05, 0) is 22.4 Å². The summed E-state index contributed by atoms with van der Waals surface area (Å²) in [5, 5.41) is 13.0. The van der Waals surface area contributed by atoms with Crippen molar-refractivity contribution in [1.29, 1.82) is 0 Å². The molecule has 0 aliphatic heterocycles. The molecule has 1 heterocycles. The highest BCUT2D eigenvalue weighted by atomic mass is 35.5. The standard InChI is InChI=1S/C9H6Cl2OS/c10-7-2-1-6-5(3-12)4-13-9(6)8(7)11/h1-2,4,12H,3H2. The number of fused-ring (bicyclic) bond motifs is 1. The first-order valence-corrected chi connectivity index (χ1v) is 5.32. The van der Waals surface area contributed by atoms with Crippen LogP contribution in [0.2, 0.25) is 10.0 Å². The molecule has 1 aromatic carbocycles. The monoisotopic (exact) mass is 232 g/mol. The van der Waals surface area contributed by atoms with Crippen LogP contribution in [0.25, 0.3) is 10.1 Å². The summed E-state index contributed by atoms with van der Waals surface area (Å²) in [4.78, 5) is 0. The van der Waals surface area contributed by atoms with Crippen LogP contribution in [0.15, 0.2) is 17.5 Å². The van der Waals surface area contributed by atoms with Crippen LogP contribution in [0.1, 0.15) is 5.56 Å². The molecular formula is C9H6Cl2OS. The highest BCUT2D eigenvalue weighted by Crippen LogP contribution is 2.36. The summed E-state index contributed by atoms with van der Waals surface area (Å²) in [6, 6.07) is 3.63. The molecule has 1 N–H and O–H groups in total. The van der Waals surface area contributed by atoms with E-state index in [9.17, 15) is 0 Å². The molecule has 0 bridgehead atoms. The zero-order valence-corrected chi connectivity index (χ0v) is 8.88. The van der Waals surface area contributed by atoms with Crippen LogP contribution in [0, 0.1) is 0 Å². The second kappa shape index (κ2) is 3.46. The Bertz CT molecular complexity index is 450.